The van der Waals surface area contributed by atoms with Crippen molar-refractivity contribution in [3.8, 4) is 0 Å². The Morgan fingerprint density at radius 3 is 2.38 bits per heavy atom. The Bertz CT molecular complexity index is 690. The third-order valence-corrected chi connectivity index (χ3v) is 5.36. The topological polar surface area (TPSA) is 32.8 Å². The Labute approximate surface area is 147 Å². The van der Waals surface area contributed by atoms with E-state index in [1.165, 1.54) is 35.1 Å². The van der Waals surface area contributed by atoms with Crippen molar-refractivity contribution in [3.05, 3.63) is 57.3 Å². The molecule has 0 unspecified atom stereocenters. The lowest BCUT2D eigenvalue weighted by atomic mass is 10.1. The number of rotatable bonds is 5. The van der Waals surface area contributed by atoms with Crippen LogP contribution in [0.4, 0.5) is 0 Å². The van der Waals surface area contributed by atoms with E-state index in [1.807, 2.05) is 6.07 Å². The van der Waals surface area contributed by atoms with Crippen molar-refractivity contribution in [1.82, 2.24) is 9.80 Å². The van der Waals surface area contributed by atoms with E-state index in [-0.39, 0.29) is 5.97 Å². The van der Waals surface area contributed by atoms with Crippen LogP contribution < -0.4 is 0 Å². The molecule has 128 valence electrons. The number of ether oxygens (including phenoxy) is 1. The standard InChI is InChI=1S/C19H24N2O2S/c1-15-4-3-5-16(10-15)12-20-6-8-21(9-7-20)13-17-11-18(24-14-17)19(22)23-2/h3-5,10-11,14H,6-9,12-13H2,1-2H3. The van der Waals surface area contributed by atoms with Gasteiger partial charge in [-0.3, -0.25) is 9.80 Å². The fraction of sp³-hybridized carbons (Fsp3) is 0.421. The first-order valence-corrected chi connectivity index (χ1v) is 9.18. The van der Waals surface area contributed by atoms with E-state index in [0.29, 0.717) is 4.88 Å². The van der Waals surface area contributed by atoms with Crippen molar-refractivity contribution in [2.75, 3.05) is 33.3 Å². The zero-order chi connectivity index (χ0) is 16.9. The van der Waals surface area contributed by atoms with Crippen LogP contribution in [-0.2, 0) is 17.8 Å². The van der Waals surface area contributed by atoms with Crippen LogP contribution in [0.15, 0.2) is 35.7 Å². The van der Waals surface area contributed by atoms with Crippen LogP contribution in [0.1, 0.15) is 26.4 Å². The SMILES string of the molecule is COC(=O)c1cc(CN2CCN(Cc3cccc(C)c3)CC2)cs1. The monoisotopic (exact) mass is 344 g/mol. The average molecular weight is 344 g/mol. The van der Waals surface area contributed by atoms with Gasteiger partial charge in [0.1, 0.15) is 4.88 Å². The van der Waals surface area contributed by atoms with Crippen molar-refractivity contribution in [1.29, 1.82) is 0 Å². The van der Waals surface area contributed by atoms with Crippen molar-refractivity contribution in [2.45, 2.75) is 20.0 Å². The Morgan fingerprint density at radius 1 is 1.08 bits per heavy atom. The van der Waals surface area contributed by atoms with Gasteiger partial charge in [0.25, 0.3) is 0 Å². The number of hydrogen-bond acceptors (Lipinski definition) is 5. The molecule has 2 heterocycles. The van der Waals surface area contributed by atoms with E-state index in [2.05, 4.69) is 46.4 Å². The van der Waals surface area contributed by atoms with Gasteiger partial charge in [-0.05, 0) is 29.5 Å². The number of methoxy groups -OCH3 is 1. The van der Waals surface area contributed by atoms with Crippen LogP contribution in [0.5, 0.6) is 0 Å². The highest BCUT2D eigenvalue weighted by molar-refractivity contribution is 7.12. The third-order valence-electron chi connectivity index (χ3n) is 4.40. The summed E-state index contributed by atoms with van der Waals surface area (Å²) in [4.78, 5) is 17.2. The molecule has 3 rings (SSSR count). The molecule has 1 aromatic carbocycles. The van der Waals surface area contributed by atoms with E-state index < -0.39 is 0 Å². The first kappa shape index (κ1) is 17.1. The highest BCUT2D eigenvalue weighted by Gasteiger charge is 2.18. The van der Waals surface area contributed by atoms with Crippen LogP contribution in [0.25, 0.3) is 0 Å². The smallest absolute Gasteiger partial charge is 0.348 e. The molecule has 4 nitrogen and oxygen atoms in total. The second-order valence-corrected chi connectivity index (χ2v) is 7.26. The molecule has 0 atom stereocenters. The van der Waals surface area contributed by atoms with Crippen molar-refractivity contribution < 1.29 is 9.53 Å². The third kappa shape index (κ3) is 4.44. The van der Waals surface area contributed by atoms with Gasteiger partial charge in [-0.2, -0.15) is 0 Å². The minimum atomic E-state index is -0.241. The molecule has 0 saturated carbocycles. The van der Waals surface area contributed by atoms with Crippen LogP contribution in [-0.4, -0.2) is 49.1 Å². The summed E-state index contributed by atoms with van der Waals surface area (Å²) < 4.78 is 4.77. The van der Waals surface area contributed by atoms with E-state index >= 15 is 0 Å². The number of thiophene rings is 1. The fourth-order valence-corrected chi connectivity index (χ4v) is 3.92. The maximum atomic E-state index is 11.5. The van der Waals surface area contributed by atoms with Gasteiger partial charge in [-0.25, -0.2) is 4.79 Å². The largest absolute Gasteiger partial charge is 0.465 e. The quantitative estimate of drug-likeness (QED) is 0.780. The molecule has 0 N–H and O–H groups in total. The second kappa shape index (κ2) is 7.92. The molecule has 0 radical (unpaired) electrons. The molecule has 2 aromatic rings. The lowest BCUT2D eigenvalue weighted by molar-refractivity contribution is 0.0606. The van der Waals surface area contributed by atoms with Crippen molar-refractivity contribution in [3.63, 3.8) is 0 Å². The predicted molar refractivity (Wildman–Crippen MR) is 97.4 cm³/mol. The molecular weight excluding hydrogens is 320 g/mol. The zero-order valence-electron chi connectivity index (χ0n) is 14.3. The Balaban J connectivity index is 1.48. The number of carbonyl (C=O) groups is 1. The number of carbonyl (C=O) groups excluding carboxylic acids is 1. The molecule has 1 aromatic heterocycles. The lowest BCUT2D eigenvalue weighted by Crippen LogP contribution is -2.45. The van der Waals surface area contributed by atoms with Crippen LogP contribution >= 0.6 is 11.3 Å². The number of benzene rings is 1. The summed E-state index contributed by atoms with van der Waals surface area (Å²) in [6.07, 6.45) is 0. The molecule has 0 amide bonds. The summed E-state index contributed by atoms with van der Waals surface area (Å²) in [6.45, 7) is 8.38. The summed E-state index contributed by atoms with van der Waals surface area (Å²) in [5, 5.41) is 2.06. The van der Waals surface area contributed by atoms with Gasteiger partial charge < -0.3 is 4.74 Å². The molecule has 24 heavy (non-hydrogen) atoms. The minimum Gasteiger partial charge on any atom is -0.465 e. The first-order chi connectivity index (χ1) is 11.6. The lowest BCUT2D eigenvalue weighted by Gasteiger charge is -2.34. The van der Waals surface area contributed by atoms with Crippen LogP contribution in [0.3, 0.4) is 0 Å². The minimum absolute atomic E-state index is 0.241. The first-order valence-electron chi connectivity index (χ1n) is 8.30. The number of hydrogen-bond donors (Lipinski definition) is 0. The fourth-order valence-electron chi connectivity index (χ4n) is 3.10. The molecule has 1 saturated heterocycles. The highest BCUT2D eigenvalue weighted by atomic mass is 32.1. The molecule has 5 heteroatoms. The Morgan fingerprint density at radius 2 is 1.75 bits per heavy atom. The van der Waals surface area contributed by atoms with Gasteiger partial charge in [-0.1, -0.05) is 29.8 Å². The Hall–Kier alpha value is -1.69. The maximum absolute atomic E-state index is 11.5. The molecule has 1 aliphatic heterocycles. The van der Waals surface area contributed by atoms with Gasteiger partial charge in [-0.15, -0.1) is 11.3 Å². The number of piperazine rings is 1. The van der Waals surface area contributed by atoms with E-state index in [9.17, 15) is 4.79 Å². The van der Waals surface area contributed by atoms with Gasteiger partial charge >= 0.3 is 5.97 Å². The summed E-state index contributed by atoms with van der Waals surface area (Å²) >= 11 is 1.46. The molecule has 0 spiro atoms. The summed E-state index contributed by atoms with van der Waals surface area (Å²) in [5.74, 6) is -0.241. The normalized spacial score (nSPS) is 16.2. The molecular formula is C19H24N2O2S. The summed E-state index contributed by atoms with van der Waals surface area (Å²) in [6, 6.07) is 10.7. The summed E-state index contributed by atoms with van der Waals surface area (Å²) in [5.41, 5.74) is 3.92. The van der Waals surface area contributed by atoms with Gasteiger partial charge in [0.15, 0.2) is 0 Å². The summed E-state index contributed by atoms with van der Waals surface area (Å²) in [7, 11) is 1.43. The van der Waals surface area contributed by atoms with Gasteiger partial charge in [0, 0.05) is 39.3 Å². The van der Waals surface area contributed by atoms with Gasteiger partial charge in [0.2, 0.25) is 0 Å². The van der Waals surface area contributed by atoms with E-state index in [4.69, 9.17) is 4.74 Å². The maximum Gasteiger partial charge on any atom is 0.348 e. The second-order valence-electron chi connectivity index (χ2n) is 6.35. The highest BCUT2D eigenvalue weighted by Crippen LogP contribution is 2.18. The average Bonchev–Trinajstić information content (AvgIpc) is 3.04. The number of aryl methyl sites for hydroxylation is 1. The predicted octanol–water partition coefficient (Wildman–Crippen LogP) is 3.16. The molecule has 1 aliphatic rings. The van der Waals surface area contributed by atoms with Crippen molar-refractivity contribution >= 4 is 17.3 Å². The molecule has 1 fully saturated rings. The van der Waals surface area contributed by atoms with Crippen LogP contribution in [0, 0.1) is 6.92 Å². The van der Waals surface area contributed by atoms with Gasteiger partial charge in [0.05, 0.1) is 7.11 Å². The Kier molecular flexibility index (Phi) is 5.66. The molecule has 0 bridgehead atoms. The van der Waals surface area contributed by atoms with E-state index in [0.717, 1.165) is 39.3 Å². The number of nitrogens with zero attached hydrogens (tertiary/aromatic N) is 2. The zero-order valence-corrected chi connectivity index (χ0v) is 15.1. The van der Waals surface area contributed by atoms with Crippen LogP contribution in [0.2, 0.25) is 0 Å². The number of esters is 1. The molecule has 0 aliphatic carbocycles. The van der Waals surface area contributed by atoms with E-state index in [1.54, 1.807) is 0 Å². The van der Waals surface area contributed by atoms with Crippen molar-refractivity contribution in [2.24, 2.45) is 0 Å².